The fraction of sp³-hybridized carbons (Fsp3) is 0.111. The van der Waals surface area contributed by atoms with Gasteiger partial charge in [0.05, 0.1) is 23.7 Å². The lowest BCUT2D eigenvalue weighted by molar-refractivity contribution is -0.124. The summed E-state index contributed by atoms with van der Waals surface area (Å²) in [6, 6.07) is 15.9. The van der Waals surface area contributed by atoms with E-state index in [-0.39, 0.29) is 17.8 Å². The van der Waals surface area contributed by atoms with Crippen molar-refractivity contribution in [2.45, 2.75) is 12.5 Å². The molecule has 1 aromatic heterocycles. The minimum absolute atomic E-state index is 0.0346. The Bertz CT molecular complexity index is 872. The molecule has 4 rings (SSSR count). The molecular formula is C18H13FN2O. The fourth-order valence-corrected chi connectivity index (χ4v) is 2.98. The van der Waals surface area contributed by atoms with E-state index in [0.717, 1.165) is 22.2 Å². The van der Waals surface area contributed by atoms with Gasteiger partial charge < -0.3 is 4.90 Å². The third kappa shape index (κ3) is 1.96. The van der Waals surface area contributed by atoms with E-state index >= 15 is 0 Å². The first-order chi connectivity index (χ1) is 10.7. The summed E-state index contributed by atoms with van der Waals surface area (Å²) in [6.07, 6.45) is 2.11. The first kappa shape index (κ1) is 13.0. The largest absolute Gasteiger partial charge is 0.302 e. The molecule has 1 saturated heterocycles. The van der Waals surface area contributed by atoms with Crippen LogP contribution in [0.2, 0.25) is 0 Å². The number of hydrogen-bond acceptors (Lipinski definition) is 2. The molecule has 3 nitrogen and oxygen atoms in total. The number of hydrogen-bond donors (Lipinski definition) is 0. The number of carbonyl (C=O) groups is 1. The lowest BCUT2D eigenvalue weighted by Crippen LogP contribution is -2.46. The molecule has 4 heteroatoms. The Morgan fingerprint density at radius 3 is 2.73 bits per heavy atom. The zero-order valence-electron chi connectivity index (χ0n) is 11.7. The Balaban J connectivity index is 1.81. The molecule has 0 radical (unpaired) electrons. The SMILES string of the molecule is O=C1CC(c2cccc(F)c2)N1c1cccc2cccnc12. The number of rotatable bonds is 2. The van der Waals surface area contributed by atoms with Gasteiger partial charge in [0.25, 0.3) is 0 Å². The highest BCUT2D eigenvalue weighted by molar-refractivity contribution is 6.07. The van der Waals surface area contributed by atoms with Gasteiger partial charge in [-0.05, 0) is 29.8 Å². The molecule has 1 fully saturated rings. The van der Waals surface area contributed by atoms with E-state index < -0.39 is 0 Å². The molecule has 1 aliphatic rings. The Morgan fingerprint density at radius 2 is 1.91 bits per heavy atom. The third-order valence-corrected chi connectivity index (χ3v) is 4.05. The zero-order valence-corrected chi connectivity index (χ0v) is 11.7. The second kappa shape index (κ2) is 4.91. The smallest absolute Gasteiger partial charge is 0.230 e. The number of pyridine rings is 1. The van der Waals surface area contributed by atoms with Crippen molar-refractivity contribution in [3.8, 4) is 0 Å². The number of anilines is 1. The van der Waals surface area contributed by atoms with Crippen molar-refractivity contribution in [2.75, 3.05) is 4.90 Å². The van der Waals surface area contributed by atoms with Gasteiger partial charge in [0, 0.05) is 11.6 Å². The summed E-state index contributed by atoms with van der Waals surface area (Å²) in [5, 5.41) is 0.984. The molecule has 0 saturated carbocycles. The first-order valence-electron chi connectivity index (χ1n) is 7.15. The zero-order chi connectivity index (χ0) is 15.1. The highest BCUT2D eigenvalue weighted by atomic mass is 19.1. The molecule has 1 aliphatic heterocycles. The van der Waals surface area contributed by atoms with Crippen LogP contribution in [0, 0.1) is 5.82 Å². The molecule has 2 aromatic carbocycles. The quantitative estimate of drug-likeness (QED) is 0.672. The minimum Gasteiger partial charge on any atom is -0.302 e. The third-order valence-electron chi connectivity index (χ3n) is 4.05. The number of fused-ring (bicyclic) bond motifs is 1. The molecular weight excluding hydrogens is 279 g/mol. The predicted molar refractivity (Wildman–Crippen MR) is 83.0 cm³/mol. The van der Waals surface area contributed by atoms with Crippen LogP contribution in [0.25, 0.3) is 10.9 Å². The van der Waals surface area contributed by atoms with Gasteiger partial charge in [0.1, 0.15) is 5.82 Å². The van der Waals surface area contributed by atoms with Crippen LogP contribution in [0.1, 0.15) is 18.0 Å². The molecule has 2 heterocycles. The summed E-state index contributed by atoms with van der Waals surface area (Å²) >= 11 is 0. The summed E-state index contributed by atoms with van der Waals surface area (Å²) < 4.78 is 13.5. The van der Waals surface area contributed by atoms with Gasteiger partial charge in [-0.3, -0.25) is 9.78 Å². The van der Waals surface area contributed by atoms with Crippen molar-refractivity contribution in [2.24, 2.45) is 0 Å². The Labute approximate surface area is 127 Å². The maximum atomic E-state index is 13.5. The van der Waals surface area contributed by atoms with Gasteiger partial charge in [0.2, 0.25) is 5.91 Å². The molecule has 1 amide bonds. The van der Waals surface area contributed by atoms with E-state index in [1.807, 2.05) is 36.4 Å². The average Bonchev–Trinajstić information content (AvgIpc) is 2.53. The Hall–Kier alpha value is -2.75. The first-order valence-corrected chi connectivity index (χ1v) is 7.15. The predicted octanol–water partition coefficient (Wildman–Crippen LogP) is 3.85. The molecule has 22 heavy (non-hydrogen) atoms. The van der Waals surface area contributed by atoms with Crippen LogP contribution in [0.4, 0.5) is 10.1 Å². The lowest BCUT2D eigenvalue weighted by atomic mass is 9.92. The monoisotopic (exact) mass is 292 g/mol. The van der Waals surface area contributed by atoms with Crippen LogP contribution in [-0.2, 0) is 4.79 Å². The van der Waals surface area contributed by atoms with Crippen LogP contribution in [0.3, 0.4) is 0 Å². The van der Waals surface area contributed by atoms with Crippen LogP contribution >= 0.6 is 0 Å². The molecule has 1 atom stereocenters. The van der Waals surface area contributed by atoms with Crippen molar-refractivity contribution in [1.82, 2.24) is 4.98 Å². The van der Waals surface area contributed by atoms with Crippen molar-refractivity contribution < 1.29 is 9.18 Å². The molecule has 3 aromatic rings. The van der Waals surface area contributed by atoms with E-state index in [1.54, 1.807) is 17.2 Å². The normalized spacial score (nSPS) is 17.6. The highest BCUT2D eigenvalue weighted by Crippen LogP contribution is 2.41. The number of amides is 1. The van der Waals surface area contributed by atoms with E-state index in [2.05, 4.69) is 4.98 Å². The van der Waals surface area contributed by atoms with Gasteiger partial charge >= 0.3 is 0 Å². The maximum Gasteiger partial charge on any atom is 0.230 e. The van der Waals surface area contributed by atoms with Gasteiger partial charge in [-0.25, -0.2) is 4.39 Å². The van der Waals surface area contributed by atoms with E-state index in [1.165, 1.54) is 12.1 Å². The number of halogens is 1. The maximum absolute atomic E-state index is 13.5. The number of para-hydroxylation sites is 1. The molecule has 0 N–H and O–H groups in total. The number of carbonyl (C=O) groups excluding carboxylic acids is 1. The fourth-order valence-electron chi connectivity index (χ4n) is 2.98. The molecule has 108 valence electrons. The number of nitrogens with zero attached hydrogens (tertiary/aromatic N) is 2. The van der Waals surface area contributed by atoms with Gasteiger partial charge in [-0.1, -0.05) is 30.3 Å². The molecule has 0 bridgehead atoms. The Kier molecular flexibility index (Phi) is 2.89. The second-order valence-electron chi connectivity index (χ2n) is 5.39. The van der Waals surface area contributed by atoms with E-state index in [0.29, 0.717) is 6.42 Å². The summed E-state index contributed by atoms with van der Waals surface area (Å²) in [5.74, 6) is -0.250. The Morgan fingerprint density at radius 1 is 1.09 bits per heavy atom. The van der Waals surface area contributed by atoms with Crippen molar-refractivity contribution >= 4 is 22.5 Å². The second-order valence-corrected chi connectivity index (χ2v) is 5.39. The highest BCUT2D eigenvalue weighted by Gasteiger charge is 2.39. The van der Waals surface area contributed by atoms with E-state index in [9.17, 15) is 9.18 Å². The van der Waals surface area contributed by atoms with Crippen molar-refractivity contribution in [3.05, 3.63) is 72.2 Å². The minimum atomic E-state index is -0.284. The topological polar surface area (TPSA) is 33.2 Å². The number of β-lactam (4-membered cyclic amide) rings is 1. The van der Waals surface area contributed by atoms with Crippen molar-refractivity contribution in [3.63, 3.8) is 0 Å². The standard InChI is InChI=1S/C18H13FN2O/c19-14-7-1-5-13(10-14)16-11-17(22)21(16)15-8-2-4-12-6-3-9-20-18(12)15/h1-10,16H,11H2. The average molecular weight is 292 g/mol. The summed E-state index contributed by atoms with van der Waals surface area (Å²) in [6.45, 7) is 0. The summed E-state index contributed by atoms with van der Waals surface area (Å²) in [7, 11) is 0. The van der Waals surface area contributed by atoms with Crippen LogP contribution in [0.15, 0.2) is 60.8 Å². The summed E-state index contributed by atoms with van der Waals surface area (Å²) in [4.78, 5) is 18.3. The van der Waals surface area contributed by atoms with Gasteiger partial charge in [0.15, 0.2) is 0 Å². The molecule has 1 unspecified atom stereocenters. The lowest BCUT2D eigenvalue weighted by Gasteiger charge is -2.41. The van der Waals surface area contributed by atoms with Crippen LogP contribution in [0.5, 0.6) is 0 Å². The molecule has 0 aliphatic carbocycles. The molecule has 0 spiro atoms. The van der Waals surface area contributed by atoms with Gasteiger partial charge in [-0.15, -0.1) is 0 Å². The van der Waals surface area contributed by atoms with Gasteiger partial charge in [-0.2, -0.15) is 0 Å². The number of benzene rings is 2. The van der Waals surface area contributed by atoms with E-state index in [4.69, 9.17) is 0 Å². The van der Waals surface area contributed by atoms with Crippen LogP contribution in [-0.4, -0.2) is 10.9 Å². The summed E-state index contributed by atoms with van der Waals surface area (Å²) in [5.41, 5.74) is 2.38. The van der Waals surface area contributed by atoms with Crippen LogP contribution < -0.4 is 4.90 Å². The van der Waals surface area contributed by atoms with Crippen molar-refractivity contribution in [1.29, 1.82) is 0 Å². The number of aromatic nitrogens is 1.